The molecule has 0 saturated carbocycles. The van der Waals surface area contributed by atoms with Crippen LogP contribution in [-0.4, -0.2) is 33.0 Å². The first kappa shape index (κ1) is 26.3. The smallest absolute Gasteiger partial charge is 0.261 e. The summed E-state index contributed by atoms with van der Waals surface area (Å²) in [4.78, 5) is 20.0. The average Bonchev–Trinajstić information content (AvgIpc) is 3.61. The first-order valence-corrected chi connectivity index (χ1v) is 14.3. The molecule has 5 aromatic rings. The molecule has 0 fully saturated rings. The van der Waals surface area contributed by atoms with Gasteiger partial charge in [0.15, 0.2) is 5.13 Å². The van der Waals surface area contributed by atoms with Gasteiger partial charge in [-0.3, -0.25) is 14.4 Å². The third-order valence-corrected chi connectivity index (χ3v) is 8.22. The van der Waals surface area contributed by atoms with Crippen molar-refractivity contribution in [1.82, 2.24) is 4.98 Å². The molecule has 0 aliphatic rings. The third-order valence-electron chi connectivity index (χ3n) is 5.78. The number of benzene rings is 3. The second kappa shape index (κ2) is 11.2. The Morgan fingerprint density at radius 1 is 1.03 bits per heavy atom. The number of sulfonamides is 1. The number of amides is 1. The molecule has 9 nitrogen and oxygen atoms in total. The van der Waals surface area contributed by atoms with E-state index in [0.29, 0.717) is 34.5 Å². The zero-order chi connectivity index (χ0) is 27.4. The minimum absolute atomic E-state index is 0.0939. The van der Waals surface area contributed by atoms with Crippen LogP contribution in [0.1, 0.15) is 23.0 Å². The predicted octanol–water partition coefficient (Wildman–Crippen LogP) is 5.94. The molecule has 0 saturated heterocycles. The molecule has 0 aliphatic heterocycles. The molecule has 3 aromatic carbocycles. The number of hydrogen-bond acceptors (Lipinski definition) is 8. The average molecular weight is 564 g/mol. The summed E-state index contributed by atoms with van der Waals surface area (Å²) in [5.41, 5.74) is 1.44. The van der Waals surface area contributed by atoms with Gasteiger partial charge in [-0.25, -0.2) is 13.4 Å². The molecule has 1 N–H and O–H groups in total. The summed E-state index contributed by atoms with van der Waals surface area (Å²) < 4.78 is 45.2. The summed E-state index contributed by atoms with van der Waals surface area (Å²) in [5.74, 6) is 1.58. The van der Waals surface area contributed by atoms with Crippen molar-refractivity contribution < 1.29 is 27.1 Å². The molecule has 0 spiro atoms. The van der Waals surface area contributed by atoms with Gasteiger partial charge in [0.1, 0.15) is 17.3 Å². The lowest BCUT2D eigenvalue weighted by Crippen LogP contribution is -2.30. The molecule has 200 valence electrons. The van der Waals surface area contributed by atoms with Crippen LogP contribution in [0.4, 0.5) is 10.8 Å². The van der Waals surface area contributed by atoms with Gasteiger partial charge in [-0.1, -0.05) is 11.3 Å². The fraction of sp³-hybridized carbons (Fsp3) is 0.143. The van der Waals surface area contributed by atoms with Crippen molar-refractivity contribution >= 4 is 48.3 Å². The van der Waals surface area contributed by atoms with E-state index in [0.717, 1.165) is 16.0 Å². The van der Waals surface area contributed by atoms with Gasteiger partial charge in [0.2, 0.25) is 0 Å². The van der Waals surface area contributed by atoms with E-state index in [1.165, 1.54) is 30.6 Å². The molecule has 0 bridgehead atoms. The molecule has 39 heavy (non-hydrogen) atoms. The molecule has 0 atom stereocenters. The van der Waals surface area contributed by atoms with Crippen LogP contribution < -0.4 is 19.1 Å². The topological polar surface area (TPSA) is 111 Å². The SMILES string of the molecule is CCOc1ccc2nc(N(Cc3ccco3)C(=O)c3ccc(NS(=O)(=O)c4ccc(OC)cc4)cc3)sc2c1. The van der Waals surface area contributed by atoms with E-state index < -0.39 is 10.0 Å². The van der Waals surface area contributed by atoms with Crippen molar-refractivity contribution in [1.29, 1.82) is 0 Å². The minimum atomic E-state index is -3.82. The summed E-state index contributed by atoms with van der Waals surface area (Å²) >= 11 is 1.37. The van der Waals surface area contributed by atoms with E-state index >= 15 is 0 Å². The molecule has 5 rings (SSSR count). The fourth-order valence-corrected chi connectivity index (χ4v) is 5.91. The van der Waals surface area contributed by atoms with Gasteiger partial charge in [0.05, 0.1) is 41.6 Å². The lowest BCUT2D eigenvalue weighted by Gasteiger charge is -2.19. The van der Waals surface area contributed by atoms with Crippen molar-refractivity contribution in [2.45, 2.75) is 18.4 Å². The van der Waals surface area contributed by atoms with Gasteiger partial charge in [-0.15, -0.1) is 0 Å². The second-order valence-electron chi connectivity index (χ2n) is 8.39. The maximum atomic E-state index is 13.7. The highest BCUT2D eigenvalue weighted by molar-refractivity contribution is 7.92. The fourth-order valence-electron chi connectivity index (χ4n) is 3.86. The van der Waals surface area contributed by atoms with Gasteiger partial charge in [0, 0.05) is 11.3 Å². The molecule has 11 heteroatoms. The van der Waals surface area contributed by atoms with Gasteiger partial charge in [-0.05, 0) is 85.8 Å². The maximum absolute atomic E-state index is 13.7. The van der Waals surface area contributed by atoms with Crippen molar-refractivity contribution in [2.75, 3.05) is 23.3 Å². The van der Waals surface area contributed by atoms with E-state index in [1.807, 2.05) is 25.1 Å². The van der Waals surface area contributed by atoms with Gasteiger partial charge in [0.25, 0.3) is 15.9 Å². The van der Waals surface area contributed by atoms with E-state index in [9.17, 15) is 13.2 Å². The number of rotatable bonds is 10. The molecular formula is C28H25N3O6S2. The quantitative estimate of drug-likeness (QED) is 0.224. The highest BCUT2D eigenvalue weighted by Crippen LogP contribution is 2.33. The molecule has 0 radical (unpaired) electrons. The van der Waals surface area contributed by atoms with Crippen LogP contribution in [0.15, 0.2) is 94.4 Å². The summed E-state index contributed by atoms with van der Waals surface area (Å²) in [6.07, 6.45) is 1.55. The Morgan fingerprint density at radius 2 is 1.77 bits per heavy atom. The van der Waals surface area contributed by atoms with E-state index in [2.05, 4.69) is 9.71 Å². The number of carbonyl (C=O) groups excluding carboxylic acids is 1. The Balaban J connectivity index is 1.40. The number of fused-ring (bicyclic) bond motifs is 1. The highest BCUT2D eigenvalue weighted by Gasteiger charge is 2.23. The molecule has 1 amide bonds. The Bertz CT molecular complexity index is 1680. The number of ether oxygens (including phenoxy) is 2. The van der Waals surface area contributed by atoms with Crippen LogP contribution in [0, 0.1) is 0 Å². The Kier molecular flexibility index (Phi) is 7.53. The maximum Gasteiger partial charge on any atom is 0.261 e. The van der Waals surface area contributed by atoms with Crippen molar-refractivity contribution in [3.8, 4) is 11.5 Å². The Labute approximate surface area is 229 Å². The van der Waals surface area contributed by atoms with Gasteiger partial charge < -0.3 is 13.9 Å². The molecular weight excluding hydrogens is 538 g/mol. The van der Waals surface area contributed by atoms with Crippen LogP contribution in [0.2, 0.25) is 0 Å². The largest absolute Gasteiger partial charge is 0.497 e. The minimum Gasteiger partial charge on any atom is -0.497 e. The predicted molar refractivity (Wildman–Crippen MR) is 150 cm³/mol. The standard InChI is InChI=1S/C28H25N3O6S2/c1-3-36-22-12-15-25-26(17-22)38-28(29-25)31(18-23-5-4-16-37-23)27(32)19-6-8-20(9-7-19)30-39(33,34)24-13-10-21(35-2)11-14-24/h4-17,30H,3,18H2,1-2H3. The van der Waals surface area contributed by atoms with Crippen LogP contribution in [0.25, 0.3) is 10.2 Å². The van der Waals surface area contributed by atoms with Gasteiger partial charge in [-0.2, -0.15) is 0 Å². The monoisotopic (exact) mass is 563 g/mol. The molecule has 0 unspecified atom stereocenters. The number of carbonyl (C=O) groups is 1. The zero-order valence-electron chi connectivity index (χ0n) is 21.2. The lowest BCUT2D eigenvalue weighted by molar-refractivity contribution is 0.0983. The van der Waals surface area contributed by atoms with E-state index in [-0.39, 0.29) is 17.3 Å². The molecule has 0 aliphatic carbocycles. The number of hydrogen-bond donors (Lipinski definition) is 1. The van der Waals surface area contributed by atoms with E-state index in [4.69, 9.17) is 13.9 Å². The number of methoxy groups -OCH3 is 1. The van der Waals surface area contributed by atoms with E-state index in [1.54, 1.807) is 59.7 Å². The highest BCUT2D eigenvalue weighted by atomic mass is 32.2. The molecule has 2 heterocycles. The summed E-state index contributed by atoms with van der Waals surface area (Å²) in [7, 11) is -2.31. The Hall–Kier alpha value is -4.35. The number of anilines is 2. The number of nitrogens with one attached hydrogen (secondary N) is 1. The van der Waals surface area contributed by atoms with Crippen LogP contribution in [-0.2, 0) is 16.6 Å². The van der Waals surface area contributed by atoms with Crippen LogP contribution >= 0.6 is 11.3 Å². The summed E-state index contributed by atoms with van der Waals surface area (Å²) in [6, 6.07) is 21.5. The van der Waals surface area contributed by atoms with Crippen LogP contribution in [0.3, 0.4) is 0 Å². The summed E-state index contributed by atoms with van der Waals surface area (Å²) in [6.45, 7) is 2.64. The number of nitrogens with zero attached hydrogens (tertiary/aromatic N) is 2. The summed E-state index contributed by atoms with van der Waals surface area (Å²) in [5, 5.41) is 0.504. The van der Waals surface area contributed by atoms with Crippen molar-refractivity contribution in [3.63, 3.8) is 0 Å². The van der Waals surface area contributed by atoms with Crippen molar-refractivity contribution in [3.05, 3.63) is 96.4 Å². The molecule has 2 aromatic heterocycles. The number of thiazole rings is 1. The first-order valence-electron chi connectivity index (χ1n) is 12.0. The first-order chi connectivity index (χ1) is 18.9. The lowest BCUT2D eigenvalue weighted by atomic mass is 10.2. The second-order valence-corrected chi connectivity index (χ2v) is 11.1. The number of aromatic nitrogens is 1. The Morgan fingerprint density at radius 3 is 2.44 bits per heavy atom. The van der Waals surface area contributed by atoms with Crippen molar-refractivity contribution in [2.24, 2.45) is 0 Å². The number of furan rings is 1. The zero-order valence-corrected chi connectivity index (χ0v) is 22.8. The third kappa shape index (κ3) is 5.89. The van der Waals surface area contributed by atoms with Crippen LogP contribution in [0.5, 0.6) is 11.5 Å². The normalized spacial score (nSPS) is 11.3. The van der Waals surface area contributed by atoms with Gasteiger partial charge >= 0.3 is 0 Å².